The second-order valence-corrected chi connectivity index (χ2v) is 6.99. The Labute approximate surface area is 146 Å². The lowest BCUT2D eigenvalue weighted by Crippen LogP contribution is -2.50. The molecule has 0 radical (unpaired) electrons. The third kappa shape index (κ3) is 6.89. The number of hydrogen-bond donors (Lipinski definition) is 1. The molecule has 1 fully saturated rings. The van der Waals surface area contributed by atoms with E-state index >= 15 is 0 Å². The minimum atomic E-state index is 0.0835. The number of rotatable bonds is 8. The van der Waals surface area contributed by atoms with Gasteiger partial charge in [0.05, 0.1) is 13.1 Å². The lowest BCUT2D eigenvalue weighted by atomic mass is 10.2. The molecular weight excluding hydrogens is 302 g/mol. The molecule has 2 rings (SSSR count). The largest absolute Gasteiger partial charge is 0.492 e. The fourth-order valence-electron chi connectivity index (χ4n) is 2.97. The number of nitrogens with zero attached hydrogens (tertiary/aromatic N) is 2. The van der Waals surface area contributed by atoms with Crippen molar-refractivity contribution in [3.05, 3.63) is 29.8 Å². The van der Waals surface area contributed by atoms with E-state index in [1.54, 1.807) is 0 Å². The summed E-state index contributed by atoms with van der Waals surface area (Å²) in [6.07, 6.45) is 0. The van der Waals surface area contributed by atoms with E-state index in [0.29, 0.717) is 25.6 Å². The number of benzene rings is 1. The van der Waals surface area contributed by atoms with Crippen LogP contribution < -0.4 is 10.1 Å². The van der Waals surface area contributed by atoms with Crippen molar-refractivity contribution in [2.45, 2.75) is 20.8 Å². The number of aryl methyl sites for hydroxylation is 1. The molecule has 5 heteroatoms. The molecule has 0 atom stereocenters. The summed E-state index contributed by atoms with van der Waals surface area (Å²) in [6.45, 7) is 13.3. The van der Waals surface area contributed by atoms with Gasteiger partial charge in [0.15, 0.2) is 0 Å². The van der Waals surface area contributed by atoms with E-state index in [0.717, 1.165) is 38.5 Å². The summed E-state index contributed by atoms with van der Waals surface area (Å²) in [5.74, 6) is 1.64. The van der Waals surface area contributed by atoms with Gasteiger partial charge in [0, 0.05) is 32.7 Å². The third-order valence-electron chi connectivity index (χ3n) is 4.14. The van der Waals surface area contributed by atoms with Gasteiger partial charge >= 0.3 is 0 Å². The first-order valence-corrected chi connectivity index (χ1v) is 8.94. The van der Waals surface area contributed by atoms with Crippen LogP contribution in [0.4, 0.5) is 0 Å². The molecule has 0 spiro atoms. The first-order chi connectivity index (χ1) is 11.5. The number of piperazine rings is 1. The van der Waals surface area contributed by atoms with E-state index in [4.69, 9.17) is 4.74 Å². The topological polar surface area (TPSA) is 44.8 Å². The van der Waals surface area contributed by atoms with Gasteiger partial charge in [0.2, 0.25) is 5.91 Å². The standard InChI is InChI=1S/C19H31N3O2/c1-16(2)14-21-8-10-22(11-9-21)15-19(23)20-7-12-24-18-6-4-5-17(3)13-18/h4-6,13,16H,7-12,14-15H2,1-3H3,(H,20,23). The minimum Gasteiger partial charge on any atom is -0.492 e. The van der Waals surface area contributed by atoms with Crippen molar-refractivity contribution in [3.8, 4) is 5.75 Å². The van der Waals surface area contributed by atoms with Gasteiger partial charge in [-0.1, -0.05) is 26.0 Å². The van der Waals surface area contributed by atoms with Gasteiger partial charge < -0.3 is 15.0 Å². The summed E-state index contributed by atoms with van der Waals surface area (Å²) in [5.41, 5.74) is 1.17. The Kier molecular flexibility index (Phi) is 7.53. The number of hydrogen-bond acceptors (Lipinski definition) is 4. The molecule has 1 N–H and O–H groups in total. The van der Waals surface area contributed by atoms with Crippen molar-refractivity contribution in [3.63, 3.8) is 0 Å². The Morgan fingerprint density at radius 1 is 1.21 bits per heavy atom. The number of amides is 1. The zero-order valence-corrected chi connectivity index (χ0v) is 15.3. The lowest BCUT2D eigenvalue weighted by Gasteiger charge is -2.35. The van der Waals surface area contributed by atoms with Gasteiger partial charge in [0.1, 0.15) is 12.4 Å². The Bertz CT molecular complexity index is 511. The van der Waals surface area contributed by atoms with E-state index in [2.05, 4.69) is 29.0 Å². The van der Waals surface area contributed by atoms with Crippen LogP contribution in [0.25, 0.3) is 0 Å². The van der Waals surface area contributed by atoms with Crippen LogP contribution in [0.1, 0.15) is 19.4 Å². The molecule has 1 aromatic carbocycles. The molecule has 0 bridgehead atoms. The molecule has 1 heterocycles. The van der Waals surface area contributed by atoms with Crippen LogP contribution in [0.5, 0.6) is 5.75 Å². The molecule has 24 heavy (non-hydrogen) atoms. The SMILES string of the molecule is Cc1cccc(OCCNC(=O)CN2CCN(CC(C)C)CC2)c1. The molecule has 1 aliphatic heterocycles. The summed E-state index contributed by atoms with van der Waals surface area (Å²) in [6, 6.07) is 7.95. The van der Waals surface area contributed by atoms with E-state index in [1.165, 1.54) is 5.56 Å². The first kappa shape index (κ1) is 18.7. The average molecular weight is 333 g/mol. The Morgan fingerprint density at radius 3 is 2.58 bits per heavy atom. The zero-order chi connectivity index (χ0) is 17.4. The van der Waals surface area contributed by atoms with Gasteiger partial charge in [-0.2, -0.15) is 0 Å². The molecule has 0 unspecified atom stereocenters. The van der Waals surface area contributed by atoms with Gasteiger partial charge in [-0.15, -0.1) is 0 Å². The highest BCUT2D eigenvalue weighted by atomic mass is 16.5. The molecule has 1 aromatic rings. The second kappa shape index (κ2) is 9.64. The van der Waals surface area contributed by atoms with Crippen LogP contribution in [-0.2, 0) is 4.79 Å². The van der Waals surface area contributed by atoms with Crippen LogP contribution >= 0.6 is 0 Å². The van der Waals surface area contributed by atoms with Crippen LogP contribution in [-0.4, -0.2) is 68.1 Å². The number of nitrogens with one attached hydrogen (secondary N) is 1. The number of ether oxygens (including phenoxy) is 1. The summed E-state index contributed by atoms with van der Waals surface area (Å²) < 4.78 is 5.64. The quantitative estimate of drug-likeness (QED) is 0.737. The number of carbonyl (C=O) groups excluding carboxylic acids is 1. The van der Waals surface area contributed by atoms with Crippen molar-refractivity contribution < 1.29 is 9.53 Å². The molecule has 1 saturated heterocycles. The molecule has 0 saturated carbocycles. The summed E-state index contributed by atoms with van der Waals surface area (Å²) in [5, 5.41) is 2.94. The summed E-state index contributed by atoms with van der Waals surface area (Å²) >= 11 is 0. The van der Waals surface area contributed by atoms with Gasteiger partial charge in [-0.05, 0) is 30.5 Å². The first-order valence-electron chi connectivity index (χ1n) is 8.94. The Balaban J connectivity index is 1.57. The highest BCUT2D eigenvalue weighted by Crippen LogP contribution is 2.11. The zero-order valence-electron chi connectivity index (χ0n) is 15.3. The smallest absolute Gasteiger partial charge is 0.234 e. The predicted octanol–water partition coefficient (Wildman–Crippen LogP) is 1.76. The van der Waals surface area contributed by atoms with Crippen molar-refractivity contribution in [1.29, 1.82) is 0 Å². The van der Waals surface area contributed by atoms with Gasteiger partial charge in [-0.3, -0.25) is 9.69 Å². The molecule has 5 nitrogen and oxygen atoms in total. The van der Waals surface area contributed by atoms with Crippen molar-refractivity contribution in [1.82, 2.24) is 15.1 Å². The van der Waals surface area contributed by atoms with Gasteiger partial charge in [-0.25, -0.2) is 0 Å². The summed E-state index contributed by atoms with van der Waals surface area (Å²) in [7, 11) is 0. The maximum Gasteiger partial charge on any atom is 0.234 e. The molecule has 0 aliphatic carbocycles. The Hall–Kier alpha value is -1.59. The highest BCUT2D eigenvalue weighted by Gasteiger charge is 2.19. The Morgan fingerprint density at radius 2 is 1.92 bits per heavy atom. The average Bonchev–Trinajstić information content (AvgIpc) is 2.53. The van der Waals surface area contributed by atoms with E-state index in [-0.39, 0.29) is 5.91 Å². The fraction of sp³-hybridized carbons (Fsp3) is 0.632. The molecule has 134 valence electrons. The molecule has 0 aromatic heterocycles. The van der Waals surface area contributed by atoms with Crippen molar-refractivity contribution in [2.24, 2.45) is 5.92 Å². The molecule has 1 aliphatic rings. The van der Waals surface area contributed by atoms with Crippen LogP contribution in [0.2, 0.25) is 0 Å². The highest BCUT2D eigenvalue weighted by molar-refractivity contribution is 5.78. The van der Waals surface area contributed by atoms with E-state index < -0.39 is 0 Å². The fourth-order valence-corrected chi connectivity index (χ4v) is 2.97. The van der Waals surface area contributed by atoms with E-state index in [1.807, 2.05) is 31.2 Å². The molecule has 1 amide bonds. The second-order valence-electron chi connectivity index (χ2n) is 6.99. The van der Waals surface area contributed by atoms with E-state index in [9.17, 15) is 4.79 Å². The maximum absolute atomic E-state index is 12.0. The normalized spacial score (nSPS) is 16.3. The third-order valence-corrected chi connectivity index (χ3v) is 4.14. The monoisotopic (exact) mass is 333 g/mol. The minimum absolute atomic E-state index is 0.0835. The molecular formula is C19H31N3O2. The van der Waals surface area contributed by atoms with Crippen LogP contribution in [0, 0.1) is 12.8 Å². The number of carbonyl (C=O) groups is 1. The lowest BCUT2D eigenvalue weighted by molar-refractivity contribution is -0.122. The van der Waals surface area contributed by atoms with Crippen LogP contribution in [0.3, 0.4) is 0 Å². The maximum atomic E-state index is 12.0. The van der Waals surface area contributed by atoms with Gasteiger partial charge in [0.25, 0.3) is 0 Å². The van der Waals surface area contributed by atoms with Crippen LogP contribution in [0.15, 0.2) is 24.3 Å². The summed E-state index contributed by atoms with van der Waals surface area (Å²) in [4.78, 5) is 16.7. The van der Waals surface area contributed by atoms with Crippen molar-refractivity contribution >= 4 is 5.91 Å². The predicted molar refractivity (Wildman–Crippen MR) is 97.4 cm³/mol. The van der Waals surface area contributed by atoms with Crippen molar-refractivity contribution in [2.75, 3.05) is 52.4 Å².